The molecule has 0 saturated heterocycles. The Bertz CT molecular complexity index is 355. The molecule has 6 heteroatoms. The third kappa shape index (κ3) is 24.4. The first kappa shape index (κ1) is 25.3. The fraction of sp³-hybridized carbons (Fsp3) is 0.684. The number of hydrogen-bond acceptors (Lipinski definition) is 6. The van der Waals surface area contributed by atoms with Crippen molar-refractivity contribution in [3.63, 3.8) is 0 Å². The van der Waals surface area contributed by atoms with E-state index in [0.717, 1.165) is 25.7 Å². The SMILES string of the molecule is CCC.CN(C)/C=C/C(=O)OCCCCCCOC(=O)/C=C/N(C)C. The second-order valence-corrected chi connectivity index (χ2v) is 6.02. The van der Waals surface area contributed by atoms with Crippen LogP contribution in [0.1, 0.15) is 46.0 Å². The predicted octanol–water partition coefficient (Wildman–Crippen LogP) is 3.20. The standard InChI is InChI=1S/C16H28N2O4.C3H8/c1-17(2)11-9-15(19)21-13-7-5-6-8-14-22-16(20)10-12-18(3)4;1-3-2/h9-12H,5-8,13-14H2,1-4H3;3H2,1-2H3/b11-9+,12-10+;. The average molecular weight is 357 g/mol. The van der Waals surface area contributed by atoms with Gasteiger partial charge < -0.3 is 19.3 Å². The van der Waals surface area contributed by atoms with Crippen LogP contribution >= 0.6 is 0 Å². The van der Waals surface area contributed by atoms with E-state index in [1.165, 1.54) is 18.6 Å². The number of esters is 2. The van der Waals surface area contributed by atoms with Crippen molar-refractivity contribution < 1.29 is 19.1 Å². The van der Waals surface area contributed by atoms with Gasteiger partial charge in [-0.1, -0.05) is 20.3 Å². The van der Waals surface area contributed by atoms with Crippen LogP contribution in [0, 0.1) is 0 Å². The molecule has 0 aliphatic carbocycles. The summed E-state index contributed by atoms with van der Waals surface area (Å²) in [6.07, 6.45) is 10.9. The molecule has 0 radical (unpaired) electrons. The number of rotatable bonds is 11. The Morgan fingerprint density at radius 2 is 1.04 bits per heavy atom. The molecule has 0 spiro atoms. The minimum absolute atomic E-state index is 0.324. The first-order chi connectivity index (χ1) is 11.8. The fourth-order valence-corrected chi connectivity index (χ4v) is 1.42. The molecule has 6 nitrogen and oxygen atoms in total. The molecule has 0 unspecified atom stereocenters. The molecule has 0 aromatic carbocycles. The van der Waals surface area contributed by atoms with Crippen molar-refractivity contribution in [3.05, 3.63) is 24.6 Å². The van der Waals surface area contributed by atoms with E-state index in [0.29, 0.717) is 13.2 Å². The Kier molecular flexibility index (Phi) is 18.6. The average Bonchev–Trinajstić information content (AvgIpc) is 2.54. The molecule has 0 heterocycles. The molecule has 0 aromatic rings. The third-order valence-corrected chi connectivity index (χ3v) is 2.54. The van der Waals surface area contributed by atoms with E-state index < -0.39 is 0 Å². The molecule has 0 bridgehead atoms. The van der Waals surface area contributed by atoms with Crippen LogP contribution in [0.5, 0.6) is 0 Å². The lowest BCUT2D eigenvalue weighted by Crippen LogP contribution is -2.07. The highest BCUT2D eigenvalue weighted by molar-refractivity contribution is 5.82. The lowest BCUT2D eigenvalue weighted by Gasteiger charge is -2.05. The summed E-state index contributed by atoms with van der Waals surface area (Å²) in [6.45, 7) is 5.09. The Balaban J connectivity index is 0. The molecule has 0 amide bonds. The van der Waals surface area contributed by atoms with Crippen LogP contribution in [0.3, 0.4) is 0 Å². The fourth-order valence-electron chi connectivity index (χ4n) is 1.42. The van der Waals surface area contributed by atoms with Gasteiger partial charge in [0.2, 0.25) is 0 Å². The van der Waals surface area contributed by atoms with Crippen LogP contribution in [0.25, 0.3) is 0 Å². The maximum Gasteiger partial charge on any atom is 0.332 e. The second kappa shape index (κ2) is 18.4. The van der Waals surface area contributed by atoms with Crippen molar-refractivity contribution in [2.75, 3.05) is 41.4 Å². The van der Waals surface area contributed by atoms with E-state index >= 15 is 0 Å². The molecule has 0 aromatic heterocycles. The summed E-state index contributed by atoms with van der Waals surface area (Å²) in [5, 5.41) is 0. The quantitative estimate of drug-likeness (QED) is 0.322. The summed E-state index contributed by atoms with van der Waals surface area (Å²) >= 11 is 0. The van der Waals surface area contributed by atoms with Gasteiger partial charge in [-0.2, -0.15) is 0 Å². The summed E-state index contributed by atoms with van der Waals surface area (Å²) in [4.78, 5) is 26.1. The summed E-state index contributed by atoms with van der Waals surface area (Å²) in [6, 6.07) is 0. The van der Waals surface area contributed by atoms with Crippen LogP contribution < -0.4 is 0 Å². The number of nitrogens with zero attached hydrogens (tertiary/aromatic N) is 2. The molecule has 0 aliphatic rings. The van der Waals surface area contributed by atoms with Crippen molar-refractivity contribution in [3.8, 4) is 0 Å². The highest BCUT2D eigenvalue weighted by Crippen LogP contribution is 2.01. The Hall–Kier alpha value is -1.98. The van der Waals surface area contributed by atoms with Crippen molar-refractivity contribution in [2.45, 2.75) is 46.0 Å². The largest absolute Gasteiger partial charge is 0.462 e. The summed E-state index contributed by atoms with van der Waals surface area (Å²) in [5.74, 6) is -0.648. The predicted molar refractivity (Wildman–Crippen MR) is 102 cm³/mol. The van der Waals surface area contributed by atoms with Gasteiger partial charge in [-0.3, -0.25) is 0 Å². The van der Waals surface area contributed by atoms with Crippen molar-refractivity contribution in [1.82, 2.24) is 9.80 Å². The van der Waals surface area contributed by atoms with Crippen LogP contribution in [-0.2, 0) is 19.1 Å². The minimum Gasteiger partial charge on any atom is -0.462 e. The highest BCUT2D eigenvalue weighted by Gasteiger charge is 1.99. The maximum atomic E-state index is 11.3. The van der Waals surface area contributed by atoms with Gasteiger partial charge in [0.15, 0.2) is 0 Å². The van der Waals surface area contributed by atoms with Gasteiger partial charge in [0.1, 0.15) is 0 Å². The summed E-state index contributed by atoms with van der Waals surface area (Å²) in [7, 11) is 7.36. The first-order valence-electron chi connectivity index (χ1n) is 8.86. The van der Waals surface area contributed by atoms with E-state index in [1.54, 1.807) is 22.2 Å². The third-order valence-electron chi connectivity index (χ3n) is 2.54. The minimum atomic E-state index is -0.324. The molecule has 25 heavy (non-hydrogen) atoms. The zero-order valence-corrected chi connectivity index (χ0v) is 16.8. The van der Waals surface area contributed by atoms with Gasteiger partial charge in [0, 0.05) is 52.7 Å². The van der Waals surface area contributed by atoms with Crippen molar-refractivity contribution >= 4 is 11.9 Å². The van der Waals surface area contributed by atoms with Gasteiger partial charge in [-0.05, 0) is 25.7 Å². The van der Waals surface area contributed by atoms with Crippen molar-refractivity contribution in [2.24, 2.45) is 0 Å². The Morgan fingerprint density at radius 3 is 1.32 bits per heavy atom. The lowest BCUT2D eigenvalue weighted by atomic mass is 10.2. The lowest BCUT2D eigenvalue weighted by molar-refractivity contribution is -0.139. The maximum absolute atomic E-state index is 11.3. The zero-order chi connectivity index (χ0) is 19.5. The van der Waals surface area contributed by atoms with Crippen LogP contribution in [-0.4, -0.2) is 63.1 Å². The van der Waals surface area contributed by atoms with Crippen LogP contribution in [0.4, 0.5) is 0 Å². The summed E-state index contributed by atoms with van der Waals surface area (Å²) < 4.78 is 10.1. The normalized spacial score (nSPS) is 10.3. The molecule has 0 saturated carbocycles. The smallest absolute Gasteiger partial charge is 0.332 e. The number of hydrogen-bond donors (Lipinski definition) is 0. The highest BCUT2D eigenvalue weighted by atomic mass is 16.5. The molecule has 0 aliphatic heterocycles. The van der Waals surface area contributed by atoms with Crippen molar-refractivity contribution in [1.29, 1.82) is 0 Å². The van der Waals surface area contributed by atoms with Gasteiger partial charge in [0.25, 0.3) is 0 Å². The van der Waals surface area contributed by atoms with Gasteiger partial charge in [0.05, 0.1) is 13.2 Å². The van der Waals surface area contributed by atoms with E-state index in [4.69, 9.17) is 9.47 Å². The number of carbonyl (C=O) groups excluding carboxylic acids is 2. The van der Waals surface area contributed by atoms with Gasteiger partial charge in [-0.15, -0.1) is 0 Å². The summed E-state index contributed by atoms with van der Waals surface area (Å²) in [5.41, 5.74) is 0. The molecule has 0 fully saturated rings. The molecule has 146 valence electrons. The van der Waals surface area contributed by atoms with Crippen LogP contribution in [0.2, 0.25) is 0 Å². The molecule has 0 atom stereocenters. The molecule has 0 rings (SSSR count). The number of unbranched alkanes of at least 4 members (excludes halogenated alkanes) is 3. The Morgan fingerprint density at radius 1 is 0.720 bits per heavy atom. The number of ether oxygens (including phenoxy) is 2. The Labute approximate surface area is 153 Å². The van der Waals surface area contributed by atoms with E-state index in [1.807, 2.05) is 28.2 Å². The topological polar surface area (TPSA) is 59.1 Å². The monoisotopic (exact) mass is 356 g/mol. The first-order valence-corrected chi connectivity index (χ1v) is 8.86. The van der Waals surface area contributed by atoms with E-state index in [2.05, 4.69) is 13.8 Å². The second-order valence-electron chi connectivity index (χ2n) is 6.02. The molecular weight excluding hydrogens is 320 g/mol. The van der Waals surface area contributed by atoms with Gasteiger partial charge >= 0.3 is 11.9 Å². The molecular formula is C19H36N2O4. The van der Waals surface area contributed by atoms with E-state index in [9.17, 15) is 9.59 Å². The van der Waals surface area contributed by atoms with E-state index in [-0.39, 0.29) is 11.9 Å². The zero-order valence-electron chi connectivity index (χ0n) is 16.8. The van der Waals surface area contributed by atoms with Gasteiger partial charge in [-0.25, -0.2) is 9.59 Å². The number of carbonyl (C=O) groups is 2. The molecule has 0 N–H and O–H groups in total. The van der Waals surface area contributed by atoms with Crippen LogP contribution in [0.15, 0.2) is 24.6 Å².